The van der Waals surface area contributed by atoms with Crippen LogP contribution in [0.5, 0.6) is 0 Å². The summed E-state index contributed by atoms with van der Waals surface area (Å²) in [6.07, 6.45) is 9.33. The molecule has 0 radical (unpaired) electrons. The number of carbonyl (C=O) groups is 1. The zero-order chi connectivity index (χ0) is 19.2. The summed E-state index contributed by atoms with van der Waals surface area (Å²) >= 11 is 0. The van der Waals surface area contributed by atoms with Crippen LogP contribution in [0.15, 0.2) is 54.9 Å². The van der Waals surface area contributed by atoms with Crippen molar-refractivity contribution in [3.63, 3.8) is 0 Å². The topological polar surface area (TPSA) is 83.6 Å². The van der Waals surface area contributed by atoms with Crippen molar-refractivity contribution in [3.8, 4) is 11.4 Å². The highest BCUT2D eigenvalue weighted by atomic mass is 16.1. The number of amides is 1. The maximum absolute atomic E-state index is 13.1. The summed E-state index contributed by atoms with van der Waals surface area (Å²) < 4.78 is 0. The fraction of sp³-hybridized carbons (Fsp3) is 0.364. The van der Waals surface area contributed by atoms with Gasteiger partial charge < -0.3 is 5.32 Å². The molecule has 2 aromatic heterocycles. The number of benzene rings is 1. The highest BCUT2D eigenvalue weighted by molar-refractivity contribution is 5.84. The van der Waals surface area contributed by atoms with E-state index in [2.05, 4.69) is 37.6 Å². The van der Waals surface area contributed by atoms with Crippen LogP contribution in [0.4, 0.5) is 0 Å². The molecule has 1 fully saturated rings. The first-order valence-corrected chi connectivity index (χ1v) is 9.95. The van der Waals surface area contributed by atoms with Crippen LogP contribution < -0.4 is 5.32 Å². The van der Waals surface area contributed by atoms with Gasteiger partial charge in [-0.1, -0.05) is 49.6 Å². The van der Waals surface area contributed by atoms with E-state index in [1.807, 2.05) is 30.3 Å². The molecule has 28 heavy (non-hydrogen) atoms. The fourth-order valence-corrected chi connectivity index (χ4v) is 4.05. The Hall–Kier alpha value is -3.02. The van der Waals surface area contributed by atoms with Gasteiger partial charge in [0.05, 0.1) is 12.5 Å². The molecule has 1 aliphatic rings. The van der Waals surface area contributed by atoms with E-state index in [0.717, 1.165) is 24.0 Å². The van der Waals surface area contributed by atoms with Crippen LogP contribution in [-0.4, -0.2) is 26.1 Å². The molecule has 0 saturated heterocycles. The van der Waals surface area contributed by atoms with Crippen molar-refractivity contribution in [1.29, 1.82) is 0 Å². The summed E-state index contributed by atoms with van der Waals surface area (Å²) in [5.74, 6) is 1.62. The molecule has 3 aromatic rings. The summed E-state index contributed by atoms with van der Waals surface area (Å²) in [4.78, 5) is 21.6. The first-order valence-electron chi connectivity index (χ1n) is 9.95. The summed E-state index contributed by atoms with van der Waals surface area (Å²) in [5.41, 5.74) is 2.00. The molecule has 0 bridgehead atoms. The molecule has 0 aliphatic heterocycles. The average molecular weight is 375 g/mol. The maximum Gasteiger partial charge on any atom is 0.228 e. The molecule has 1 aromatic carbocycles. The molecule has 1 aliphatic carbocycles. The average Bonchev–Trinajstić information content (AvgIpc) is 3.24. The van der Waals surface area contributed by atoms with Crippen molar-refractivity contribution in [2.24, 2.45) is 5.92 Å². The van der Waals surface area contributed by atoms with Gasteiger partial charge in [-0.2, -0.15) is 5.10 Å². The number of hydrogen-bond acceptors (Lipinski definition) is 4. The molecule has 1 saturated carbocycles. The number of aromatic nitrogens is 4. The molecular weight excluding hydrogens is 350 g/mol. The molecule has 2 heterocycles. The van der Waals surface area contributed by atoms with Crippen LogP contribution in [0.1, 0.15) is 49.4 Å². The minimum Gasteiger partial charge on any atom is -0.348 e. The number of aromatic amines is 1. The number of carbonyl (C=O) groups excluding carboxylic acids is 1. The minimum atomic E-state index is -0.107. The monoisotopic (exact) mass is 375 g/mol. The summed E-state index contributed by atoms with van der Waals surface area (Å²) in [5, 5.41) is 10.2. The summed E-state index contributed by atoms with van der Waals surface area (Å²) in [7, 11) is 0. The fourth-order valence-electron chi connectivity index (χ4n) is 4.05. The summed E-state index contributed by atoms with van der Waals surface area (Å²) in [6.45, 7) is 0.340. The number of pyridine rings is 1. The van der Waals surface area contributed by atoms with Crippen LogP contribution in [0.3, 0.4) is 0 Å². The van der Waals surface area contributed by atoms with E-state index in [1.54, 1.807) is 12.4 Å². The zero-order valence-corrected chi connectivity index (χ0v) is 15.8. The predicted molar refractivity (Wildman–Crippen MR) is 107 cm³/mol. The van der Waals surface area contributed by atoms with Gasteiger partial charge in [-0.15, -0.1) is 0 Å². The number of nitrogens with zero attached hydrogens (tertiary/aromatic N) is 3. The molecule has 1 amide bonds. The molecular formula is C22H25N5O. The Balaban J connectivity index is 1.45. The Morgan fingerprint density at radius 3 is 2.57 bits per heavy atom. The Morgan fingerprint density at radius 2 is 1.82 bits per heavy atom. The van der Waals surface area contributed by atoms with Gasteiger partial charge in [0, 0.05) is 18.0 Å². The lowest BCUT2D eigenvalue weighted by molar-refractivity contribution is -0.124. The van der Waals surface area contributed by atoms with E-state index in [-0.39, 0.29) is 11.8 Å². The molecule has 4 rings (SSSR count). The minimum absolute atomic E-state index is 0.0694. The lowest BCUT2D eigenvalue weighted by Gasteiger charge is -2.29. The number of hydrogen-bond donors (Lipinski definition) is 2. The van der Waals surface area contributed by atoms with E-state index < -0.39 is 0 Å². The first kappa shape index (κ1) is 18.3. The molecule has 0 spiro atoms. The van der Waals surface area contributed by atoms with Crippen LogP contribution in [-0.2, 0) is 11.3 Å². The van der Waals surface area contributed by atoms with Crippen molar-refractivity contribution in [1.82, 2.24) is 25.5 Å². The number of nitrogens with one attached hydrogen (secondary N) is 2. The van der Waals surface area contributed by atoms with Crippen molar-refractivity contribution in [2.75, 3.05) is 0 Å². The lowest BCUT2D eigenvalue weighted by atomic mass is 9.76. The molecule has 1 atom stereocenters. The maximum atomic E-state index is 13.1. The normalized spacial score (nSPS) is 15.9. The van der Waals surface area contributed by atoms with E-state index in [0.29, 0.717) is 24.1 Å². The largest absolute Gasteiger partial charge is 0.348 e. The van der Waals surface area contributed by atoms with Gasteiger partial charge in [-0.25, -0.2) is 4.98 Å². The second kappa shape index (κ2) is 8.78. The van der Waals surface area contributed by atoms with Gasteiger partial charge in [0.2, 0.25) is 5.91 Å². The molecule has 144 valence electrons. The van der Waals surface area contributed by atoms with Crippen LogP contribution >= 0.6 is 0 Å². The number of rotatable bonds is 6. The third-order valence-corrected chi connectivity index (χ3v) is 5.46. The molecule has 2 N–H and O–H groups in total. The van der Waals surface area contributed by atoms with E-state index in [4.69, 9.17) is 0 Å². The highest BCUT2D eigenvalue weighted by Gasteiger charge is 2.30. The third kappa shape index (κ3) is 4.27. The Morgan fingerprint density at radius 1 is 1.07 bits per heavy atom. The highest BCUT2D eigenvalue weighted by Crippen LogP contribution is 2.36. The van der Waals surface area contributed by atoms with Gasteiger partial charge in [-0.05, 0) is 36.5 Å². The van der Waals surface area contributed by atoms with Crippen molar-refractivity contribution < 1.29 is 4.79 Å². The van der Waals surface area contributed by atoms with Crippen molar-refractivity contribution in [3.05, 3.63) is 66.2 Å². The standard InChI is InChI=1S/C22H25N5O/c28-22(20(16-7-3-1-4-8-16)17-9-5-2-6-10-17)24-15-19-25-21(27-26-19)18-11-13-23-14-12-18/h1,3-4,7-8,11-14,17,20H,2,5-6,9-10,15H2,(H,24,28)(H,25,26,27)/t20-/m0/s1. The predicted octanol–water partition coefficient (Wildman–Crippen LogP) is 3.85. The van der Waals surface area contributed by atoms with Gasteiger partial charge in [0.25, 0.3) is 0 Å². The van der Waals surface area contributed by atoms with Gasteiger partial charge in [0.15, 0.2) is 5.82 Å². The van der Waals surface area contributed by atoms with Crippen LogP contribution in [0.25, 0.3) is 11.4 Å². The van der Waals surface area contributed by atoms with Crippen molar-refractivity contribution in [2.45, 2.75) is 44.6 Å². The zero-order valence-electron chi connectivity index (χ0n) is 15.8. The second-order valence-electron chi connectivity index (χ2n) is 7.35. The van der Waals surface area contributed by atoms with Gasteiger partial charge in [0.1, 0.15) is 5.82 Å². The van der Waals surface area contributed by atoms with Gasteiger partial charge in [-0.3, -0.25) is 14.9 Å². The van der Waals surface area contributed by atoms with E-state index >= 15 is 0 Å². The molecule has 6 heteroatoms. The smallest absolute Gasteiger partial charge is 0.228 e. The quantitative estimate of drug-likeness (QED) is 0.685. The van der Waals surface area contributed by atoms with E-state index in [1.165, 1.54) is 19.3 Å². The Bertz CT molecular complexity index is 888. The molecule has 6 nitrogen and oxygen atoms in total. The van der Waals surface area contributed by atoms with Gasteiger partial charge >= 0.3 is 0 Å². The first-order chi connectivity index (χ1) is 13.8. The Kier molecular flexibility index (Phi) is 5.75. The van der Waals surface area contributed by atoms with Crippen molar-refractivity contribution >= 4 is 5.91 Å². The SMILES string of the molecule is O=C(NCc1nc(-c2ccncc2)n[nH]1)[C@@H](c1ccccc1)C1CCCCC1. The third-order valence-electron chi connectivity index (χ3n) is 5.46. The molecule has 0 unspecified atom stereocenters. The second-order valence-corrected chi connectivity index (χ2v) is 7.35. The summed E-state index contributed by atoms with van der Waals surface area (Å²) in [6, 6.07) is 13.9. The Labute approximate surface area is 164 Å². The number of H-pyrrole nitrogens is 1. The van der Waals surface area contributed by atoms with E-state index in [9.17, 15) is 4.79 Å². The lowest BCUT2D eigenvalue weighted by Crippen LogP contribution is -2.34. The van der Waals surface area contributed by atoms with Crippen LogP contribution in [0.2, 0.25) is 0 Å². The van der Waals surface area contributed by atoms with Crippen LogP contribution in [0, 0.1) is 5.92 Å².